The summed E-state index contributed by atoms with van der Waals surface area (Å²) in [6.45, 7) is 3.26. The molecule has 0 saturated heterocycles. The highest BCUT2D eigenvalue weighted by Gasteiger charge is 2.32. The number of benzene rings is 1. The minimum atomic E-state index is -1.21. The summed E-state index contributed by atoms with van der Waals surface area (Å²) in [5.74, 6) is -2.13. The fourth-order valence-corrected chi connectivity index (χ4v) is 2.38. The van der Waals surface area contributed by atoms with Crippen LogP contribution in [0.4, 0.5) is 5.69 Å². The third-order valence-corrected chi connectivity index (χ3v) is 3.60. The number of methoxy groups -OCH3 is 2. The van der Waals surface area contributed by atoms with Crippen LogP contribution in [0.15, 0.2) is 24.3 Å². The molecule has 0 aromatic heterocycles. The summed E-state index contributed by atoms with van der Waals surface area (Å²) < 4.78 is 14.3. The number of nitrogens with zero attached hydrogens (tertiary/aromatic N) is 1. The van der Waals surface area contributed by atoms with Gasteiger partial charge in [-0.05, 0) is 38.1 Å². The summed E-state index contributed by atoms with van der Waals surface area (Å²) in [6.07, 6.45) is -0.0205. The van der Waals surface area contributed by atoms with Crippen LogP contribution in [-0.4, -0.2) is 57.1 Å². The molecular weight excluding hydrogens is 342 g/mol. The Morgan fingerprint density at radius 3 is 2.12 bits per heavy atom. The molecule has 0 aliphatic heterocycles. The van der Waals surface area contributed by atoms with Crippen LogP contribution in [0, 0.1) is 0 Å². The fourth-order valence-electron chi connectivity index (χ4n) is 2.38. The van der Waals surface area contributed by atoms with Crippen molar-refractivity contribution < 1.29 is 33.4 Å². The lowest BCUT2D eigenvalue weighted by Gasteiger charge is -2.30. The third-order valence-electron chi connectivity index (χ3n) is 3.60. The molecule has 1 atom stereocenters. The summed E-state index contributed by atoms with van der Waals surface area (Å²) in [7, 11) is 2.45. The minimum Gasteiger partial charge on any atom is -0.467 e. The summed E-state index contributed by atoms with van der Waals surface area (Å²) in [5, 5.41) is 0. The molecule has 0 radical (unpaired) electrons. The van der Waals surface area contributed by atoms with Crippen molar-refractivity contribution in [1.82, 2.24) is 0 Å². The van der Waals surface area contributed by atoms with Crippen molar-refractivity contribution in [1.29, 1.82) is 0 Å². The lowest BCUT2D eigenvalue weighted by Crippen LogP contribution is -2.47. The molecule has 0 spiro atoms. The third kappa shape index (κ3) is 5.58. The molecule has 1 unspecified atom stereocenters. The van der Waals surface area contributed by atoms with Crippen LogP contribution in [0.1, 0.15) is 30.6 Å². The molecule has 0 heterocycles. The number of carbonyl (C=O) groups excluding carboxylic acids is 4. The second kappa shape index (κ2) is 10.2. The van der Waals surface area contributed by atoms with Crippen LogP contribution in [0.2, 0.25) is 0 Å². The Kier molecular flexibility index (Phi) is 8.27. The zero-order valence-electron chi connectivity index (χ0n) is 15.3. The Balaban J connectivity index is 3.16. The highest BCUT2D eigenvalue weighted by atomic mass is 16.5. The van der Waals surface area contributed by atoms with Gasteiger partial charge < -0.3 is 19.1 Å². The Bertz CT molecular complexity index is 654. The Morgan fingerprint density at radius 2 is 1.65 bits per heavy atom. The quantitative estimate of drug-likeness (QED) is 0.367. The van der Waals surface area contributed by atoms with Crippen LogP contribution in [0.25, 0.3) is 0 Å². The van der Waals surface area contributed by atoms with E-state index in [1.165, 1.54) is 38.2 Å². The SMILES string of the molecule is CCOC(=O)CCN(c1ccc(C(=O)OC)cc1)C(C(C)=O)C(=O)OC. The normalized spacial score (nSPS) is 11.2. The van der Waals surface area contributed by atoms with Gasteiger partial charge in [0, 0.05) is 12.2 Å². The van der Waals surface area contributed by atoms with Gasteiger partial charge in [-0.3, -0.25) is 9.59 Å². The van der Waals surface area contributed by atoms with Gasteiger partial charge in [0.2, 0.25) is 0 Å². The Morgan fingerprint density at radius 1 is 1.04 bits per heavy atom. The molecule has 1 aromatic rings. The molecule has 0 aliphatic rings. The molecule has 0 bridgehead atoms. The van der Waals surface area contributed by atoms with Crippen molar-refractivity contribution in [2.75, 3.05) is 32.3 Å². The van der Waals surface area contributed by atoms with Crippen molar-refractivity contribution in [3.05, 3.63) is 29.8 Å². The van der Waals surface area contributed by atoms with Gasteiger partial charge in [-0.2, -0.15) is 0 Å². The number of rotatable bonds is 9. The van der Waals surface area contributed by atoms with E-state index in [1.807, 2.05) is 0 Å². The van der Waals surface area contributed by atoms with Crippen molar-refractivity contribution in [2.24, 2.45) is 0 Å². The monoisotopic (exact) mass is 365 g/mol. The maximum Gasteiger partial charge on any atom is 0.337 e. The van der Waals surface area contributed by atoms with Crippen molar-refractivity contribution >= 4 is 29.4 Å². The standard InChI is InChI=1S/C18H23NO7/c1-5-26-15(21)10-11-19(16(12(2)20)18(23)25-4)14-8-6-13(7-9-14)17(22)24-3/h6-9,16H,5,10-11H2,1-4H3. The summed E-state index contributed by atoms with van der Waals surface area (Å²) >= 11 is 0. The molecule has 8 heteroatoms. The molecule has 0 saturated carbocycles. The van der Waals surface area contributed by atoms with Gasteiger partial charge in [0.05, 0.1) is 32.8 Å². The van der Waals surface area contributed by atoms with E-state index < -0.39 is 29.7 Å². The average Bonchev–Trinajstić information content (AvgIpc) is 2.63. The van der Waals surface area contributed by atoms with E-state index >= 15 is 0 Å². The number of ketones is 1. The first kappa shape index (κ1) is 21.1. The van der Waals surface area contributed by atoms with Crippen LogP contribution in [0.3, 0.4) is 0 Å². The number of Topliss-reactive ketones (excluding diaryl/α,β-unsaturated/α-hetero) is 1. The molecule has 0 N–H and O–H groups in total. The number of hydrogen-bond donors (Lipinski definition) is 0. The first-order valence-electron chi connectivity index (χ1n) is 8.04. The van der Waals surface area contributed by atoms with Crippen molar-refractivity contribution in [3.8, 4) is 0 Å². The van der Waals surface area contributed by atoms with Crippen LogP contribution in [-0.2, 0) is 28.6 Å². The van der Waals surface area contributed by atoms with E-state index in [2.05, 4.69) is 4.74 Å². The van der Waals surface area contributed by atoms with Gasteiger partial charge in [0.15, 0.2) is 11.8 Å². The van der Waals surface area contributed by atoms with Crippen molar-refractivity contribution in [2.45, 2.75) is 26.3 Å². The molecule has 26 heavy (non-hydrogen) atoms. The number of esters is 3. The van der Waals surface area contributed by atoms with Gasteiger partial charge in [0.25, 0.3) is 0 Å². The molecule has 8 nitrogen and oxygen atoms in total. The second-order valence-corrected chi connectivity index (χ2v) is 5.32. The number of carbonyl (C=O) groups is 4. The maximum atomic E-state index is 12.1. The highest BCUT2D eigenvalue weighted by Crippen LogP contribution is 2.20. The lowest BCUT2D eigenvalue weighted by atomic mass is 10.1. The number of ether oxygens (including phenoxy) is 3. The summed E-state index contributed by atoms with van der Waals surface area (Å²) in [4.78, 5) is 48.8. The molecule has 1 rings (SSSR count). The molecule has 0 aliphatic carbocycles. The van der Waals surface area contributed by atoms with Gasteiger partial charge in [-0.15, -0.1) is 0 Å². The van der Waals surface area contributed by atoms with E-state index in [0.717, 1.165) is 0 Å². The number of hydrogen-bond acceptors (Lipinski definition) is 8. The Labute approximate surface area is 152 Å². The predicted octanol–water partition coefficient (Wildman–Crippen LogP) is 1.36. The van der Waals surface area contributed by atoms with Gasteiger partial charge in [0.1, 0.15) is 0 Å². The first-order valence-corrected chi connectivity index (χ1v) is 8.04. The summed E-state index contributed by atoms with van der Waals surface area (Å²) in [5.41, 5.74) is 0.798. The van der Waals surface area contributed by atoms with Crippen LogP contribution in [0.5, 0.6) is 0 Å². The smallest absolute Gasteiger partial charge is 0.337 e. The molecular formula is C18H23NO7. The molecule has 0 fully saturated rings. The zero-order chi connectivity index (χ0) is 19.7. The lowest BCUT2D eigenvalue weighted by molar-refractivity contribution is -0.146. The maximum absolute atomic E-state index is 12.1. The highest BCUT2D eigenvalue weighted by molar-refractivity contribution is 6.05. The van der Waals surface area contributed by atoms with E-state index in [1.54, 1.807) is 19.1 Å². The first-order chi connectivity index (χ1) is 12.3. The molecule has 142 valence electrons. The molecule has 0 amide bonds. The average molecular weight is 365 g/mol. The van der Waals surface area contributed by atoms with Gasteiger partial charge in [-0.1, -0.05) is 0 Å². The van der Waals surface area contributed by atoms with E-state index in [9.17, 15) is 19.2 Å². The topological polar surface area (TPSA) is 99.2 Å². The predicted molar refractivity (Wildman–Crippen MR) is 92.9 cm³/mol. The summed E-state index contributed by atoms with van der Waals surface area (Å²) in [6, 6.07) is 4.94. The van der Waals surface area contributed by atoms with Crippen LogP contribution < -0.4 is 4.90 Å². The van der Waals surface area contributed by atoms with Gasteiger partial charge in [-0.25, -0.2) is 9.59 Å². The van der Waals surface area contributed by atoms with Gasteiger partial charge >= 0.3 is 17.9 Å². The van der Waals surface area contributed by atoms with E-state index in [0.29, 0.717) is 11.3 Å². The van der Waals surface area contributed by atoms with E-state index in [-0.39, 0.29) is 19.6 Å². The zero-order valence-corrected chi connectivity index (χ0v) is 15.3. The van der Waals surface area contributed by atoms with E-state index in [4.69, 9.17) is 9.47 Å². The molecule has 1 aromatic carbocycles. The fraction of sp³-hybridized carbons (Fsp3) is 0.444. The largest absolute Gasteiger partial charge is 0.467 e. The van der Waals surface area contributed by atoms with Crippen LogP contribution >= 0.6 is 0 Å². The number of anilines is 1. The Hall–Kier alpha value is -2.90. The van der Waals surface area contributed by atoms with Crippen molar-refractivity contribution in [3.63, 3.8) is 0 Å². The second-order valence-electron chi connectivity index (χ2n) is 5.32. The minimum absolute atomic E-state index is 0.0205.